The molecule has 0 aliphatic heterocycles. The molecule has 1 nitrogen and oxygen atoms in total. The van der Waals surface area contributed by atoms with E-state index in [-0.39, 0.29) is 5.41 Å². The summed E-state index contributed by atoms with van der Waals surface area (Å²) in [5.74, 6) is 1.99. The van der Waals surface area contributed by atoms with E-state index < -0.39 is 0 Å². The lowest BCUT2D eigenvalue weighted by Crippen LogP contribution is -2.00. The van der Waals surface area contributed by atoms with Crippen LogP contribution in [0.3, 0.4) is 0 Å². The van der Waals surface area contributed by atoms with E-state index in [0.717, 1.165) is 17.9 Å². The van der Waals surface area contributed by atoms with Crippen molar-refractivity contribution in [3.8, 4) is 0 Å². The zero-order chi connectivity index (χ0) is 10.8. The summed E-state index contributed by atoms with van der Waals surface area (Å²) in [6, 6.07) is 4.07. The smallest absolute Gasteiger partial charge is 0.129 e. The molecule has 0 fully saturated rings. The van der Waals surface area contributed by atoms with Crippen LogP contribution in [-0.4, -0.2) is 0 Å². The summed E-state index contributed by atoms with van der Waals surface area (Å²) in [4.78, 5) is 0. The molecule has 1 heterocycles. The van der Waals surface area contributed by atoms with Gasteiger partial charge in [0, 0.05) is 0 Å². The summed E-state index contributed by atoms with van der Waals surface area (Å²) in [6.07, 6.45) is 3.30. The van der Waals surface area contributed by atoms with E-state index in [4.69, 9.17) is 4.42 Å². The first-order valence-corrected chi connectivity index (χ1v) is 5.21. The van der Waals surface area contributed by atoms with Crippen molar-refractivity contribution in [2.75, 3.05) is 0 Å². The van der Waals surface area contributed by atoms with Crippen molar-refractivity contribution >= 4 is 5.57 Å². The Morgan fingerprint density at radius 3 is 2.36 bits per heavy atom. The molecule has 0 bridgehead atoms. The van der Waals surface area contributed by atoms with Crippen LogP contribution < -0.4 is 0 Å². The first kappa shape index (κ1) is 11.1. The van der Waals surface area contributed by atoms with Gasteiger partial charge in [0.2, 0.25) is 0 Å². The van der Waals surface area contributed by atoms with Gasteiger partial charge in [-0.3, -0.25) is 0 Å². The molecule has 0 unspecified atom stereocenters. The van der Waals surface area contributed by atoms with Gasteiger partial charge in [-0.2, -0.15) is 0 Å². The summed E-state index contributed by atoms with van der Waals surface area (Å²) in [5, 5.41) is 0. The first-order chi connectivity index (χ1) is 6.42. The van der Waals surface area contributed by atoms with Gasteiger partial charge in [0.25, 0.3) is 0 Å². The van der Waals surface area contributed by atoms with E-state index >= 15 is 0 Å². The van der Waals surface area contributed by atoms with E-state index in [1.807, 2.05) is 13.0 Å². The van der Waals surface area contributed by atoms with Gasteiger partial charge in [-0.05, 0) is 36.5 Å². The van der Waals surface area contributed by atoms with E-state index in [0.29, 0.717) is 0 Å². The molecule has 0 amide bonds. The molecule has 1 heteroatoms. The van der Waals surface area contributed by atoms with Crippen molar-refractivity contribution < 1.29 is 4.42 Å². The average molecular weight is 192 g/mol. The maximum Gasteiger partial charge on any atom is 0.129 e. The molecule has 0 aromatic carbocycles. The van der Waals surface area contributed by atoms with Crippen molar-refractivity contribution in [1.82, 2.24) is 0 Å². The Bertz CT molecular complexity index is 323. The molecule has 0 saturated heterocycles. The molecule has 0 radical (unpaired) electrons. The Labute approximate surface area is 86.8 Å². The maximum atomic E-state index is 5.61. The molecule has 0 saturated carbocycles. The summed E-state index contributed by atoms with van der Waals surface area (Å²) < 4.78 is 5.61. The minimum Gasteiger partial charge on any atom is -0.462 e. The number of furan rings is 1. The topological polar surface area (TPSA) is 13.1 Å². The average Bonchev–Trinajstić information content (AvgIpc) is 2.46. The SMILES string of the molecule is CC/C(=C\C(C)(C)C)c1ccc(C)o1. The van der Waals surface area contributed by atoms with Crippen LogP contribution in [0, 0.1) is 12.3 Å². The normalized spacial score (nSPS) is 13.4. The van der Waals surface area contributed by atoms with Crippen molar-refractivity contribution in [3.63, 3.8) is 0 Å². The predicted molar refractivity (Wildman–Crippen MR) is 61.2 cm³/mol. The lowest BCUT2D eigenvalue weighted by atomic mass is 9.92. The molecule has 1 aromatic rings. The van der Waals surface area contributed by atoms with Crippen LogP contribution in [0.5, 0.6) is 0 Å². The largest absolute Gasteiger partial charge is 0.462 e. The van der Waals surface area contributed by atoms with E-state index in [1.54, 1.807) is 0 Å². The zero-order valence-corrected chi connectivity index (χ0v) is 9.85. The summed E-state index contributed by atoms with van der Waals surface area (Å²) in [6.45, 7) is 10.8. The molecule has 1 aromatic heterocycles. The third-order valence-electron chi connectivity index (χ3n) is 2.04. The van der Waals surface area contributed by atoms with Gasteiger partial charge in [-0.25, -0.2) is 0 Å². The molecular weight excluding hydrogens is 172 g/mol. The van der Waals surface area contributed by atoms with E-state index in [2.05, 4.69) is 39.8 Å². The highest BCUT2D eigenvalue weighted by molar-refractivity contribution is 5.61. The number of hydrogen-bond acceptors (Lipinski definition) is 1. The van der Waals surface area contributed by atoms with Gasteiger partial charge < -0.3 is 4.42 Å². The van der Waals surface area contributed by atoms with Crippen LogP contribution >= 0.6 is 0 Å². The second kappa shape index (κ2) is 4.04. The molecule has 0 atom stereocenters. The van der Waals surface area contributed by atoms with Crippen LogP contribution in [0.25, 0.3) is 5.57 Å². The molecule has 0 spiro atoms. The monoisotopic (exact) mass is 192 g/mol. The Balaban J connectivity index is 2.99. The Kier molecular flexibility index (Phi) is 3.20. The fourth-order valence-electron chi connectivity index (χ4n) is 1.48. The predicted octanol–water partition coefficient (Wildman–Crippen LogP) is 4.43. The minimum atomic E-state index is 0.214. The third-order valence-corrected chi connectivity index (χ3v) is 2.04. The van der Waals surface area contributed by atoms with Crippen LogP contribution in [0.4, 0.5) is 0 Å². The zero-order valence-electron chi connectivity index (χ0n) is 9.85. The van der Waals surface area contributed by atoms with Gasteiger partial charge in [0.1, 0.15) is 11.5 Å². The standard InChI is InChI=1S/C13H20O/c1-6-11(9-13(3,4)5)12-8-7-10(2)14-12/h7-9H,6H2,1-5H3/b11-9+. The number of allylic oxidation sites excluding steroid dienone is 2. The van der Waals surface area contributed by atoms with Gasteiger partial charge in [0.05, 0.1) is 0 Å². The summed E-state index contributed by atoms with van der Waals surface area (Å²) >= 11 is 0. The van der Waals surface area contributed by atoms with Gasteiger partial charge in [-0.1, -0.05) is 33.8 Å². The Morgan fingerprint density at radius 2 is 2.00 bits per heavy atom. The highest BCUT2D eigenvalue weighted by atomic mass is 16.3. The maximum absolute atomic E-state index is 5.61. The van der Waals surface area contributed by atoms with Crippen LogP contribution in [0.15, 0.2) is 22.6 Å². The van der Waals surface area contributed by atoms with Crippen molar-refractivity contribution in [2.24, 2.45) is 5.41 Å². The van der Waals surface area contributed by atoms with E-state index in [1.165, 1.54) is 5.57 Å². The highest BCUT2D eigenvalue weighted by Crippen LogP contribution is 2.26. The molecule has 1 rings (SSSR count). The van der Waals surface area contributed by atoms with Gasteiger partial charge in [-0.15, -0.1) is 0 Å². The number of rotatable bonds is 2. The van der Waals surface area contributed by atoms with Crippen molar-refractivity contribution in [1.29, 1.82) is 0 Å². The minimum absolute atomic E-state index is 0.214. The quantitative estimate of drug-likeness (QED) is 0.675. The highest BCUT2D eigenvalue weighted by Gasteiger charge is 2.10. The first-order valence-electron chi connectivity index (χ1n) is 5.21. The molecule has 0 N–H and O–H groups in total. The lowest BCUT2D eigenvalue weighted by molar-refractivity contribution is 0.511. The number of hydrogen-bond donors (Lipinski definition) is 0. The van der Waals surface area contributed by atoms with Crippen molar-refractivity contribution in [2.45, 2.75) is 41.0 Å². The Morgan fingerprint density at radius 1 is 1.36 bits per heavy atom. The number of aryl methyl sites for hydroxylation is 1. The fraction of sp³-hybridized carbons (Fsp3) is 0.538. The second-order valence-corrected chi connectivity index (χ2v) is 4.80. The summed E-state index contributed by atoms with van der Waals surface area (Å²) in [5.41, 5.74) is 1.51. The Hall–Kier alpha value is -0.980. The van der Waals surface area contributed by atoms with Crippen LogP contribution in [0.1, 0.15) is 45.6 Å². The van der Waals surface area contributed by atoms with Gasteiger partial charge >= 0.3 is 0 Å². The molecule has 14 heavy (non-hydrogen) atoms. The fourth-order valence-corrected chi connectivity index (χ4v) is 1.48. The lowest BCUT2D eigenvalue weighted by Gasteiger charge is -2.14. The van der Waals surface area contributed by atoms with E-state index in [9.17, 15) is 0 Å². The molecule has 0 aliphatic rings. The second-order valence-electron chi connectivity index (χ2n) is 4.80. The molecule has 78 valence electrons. The van der Waals surface area contributed by atoms with Crippen LogP contribution in [-0.2, 0) is 0 Å². The summed E-state index contributed by atoms with van der Waals surface area (Å²) in [7, 11) is 0. The molecule has 0 aliphatic carbocycles. The molecular formula is C13H20O. The van der Waals surface area contributed by atoms with Gasteiger partial charge in [0.15, 0.2) is 0 Å². The third kappa shape index (κ3) is 3.06. The van der Waals surface area contributed by atoms with Crippen molar-refractivity contribution in [3.05, 3.63) is 29.7 Å². The van der Waals surface area contributed by atoms with Crippen LogP contribution in [0.2, 0.25) is 0 Å².